The lowest BCUT2D eigenvalue weighted by molar-refractivity contribution is -0.384. The van der Waals surface area contributed by atoms with Crippen molar-refractivity contribution in [3.05, 3.63) is 63.7 Å². The van der Waals surface area contributed by atoms with Crippen LogP contribution in [0.25, 0.3) is 0 Å². The molecule has 2 aromatic carbocycles. The van der Waals surface area contributed by atoms with Crippen molar-refractivity contribution >= 4 is 29.2 Å². The van der Waals surface area contributed by atoms with Crippen LogP contribution < -0.4 is 15.4 Å². The topological polar surface area (TPSA) is 131 Å². The lowest BCUT2D eigenvalue weighted by Gasteiger charge is -2.24. The van der Waals surface area contributed by atoms with Crippen LogP contribution >= 0.6 is 0 Å². The fraction of sp³-hybridized carbons (Fsp3) is 0.286. The molecule has 10 heteroatoms. The zero-order chi connectivity index (χ0) is 22.8. The third-order valence-corrected chi connectivity index (χ3v) is 5.01. The number of rotatable bonds is 7. The van der Waals surface area contributed by atoms with Crippen molar-refractivity contribution in [1.29, 1.82) is 0 Å². The van der Waals surface area contributed by atoms with E-state index in [1.807, 2.05) is 19.1 Å². The number of hydrogen-bond acceptors (Lipinski definition) is 6. The van der Waals surface area contributed by atoms with Gasteiger partial charge in [-0.15, -0.1) is 0 Å². The van der Waals surface area contributed by atoms with Crippen molar-refractivity contribution in [3.63, 3.8) is 0 Å². The molecule has 0 radical (unpaired) electrons. The molecular formula is C21H22N4O6. The first-order chi connectivity index (χ1) is 14.7. The summed E-state index contributed by atoms with van der Waals surface area (Å²) >= 11 is 0. The third kappa shape index (κ3) is 4.18. The van der Waals surface area contributed by atoms with E-state index in [4.69, 9.17) is 4.74 Å². The molecule has 0 spiro atoms. The monoisotopic (exact) mass is 426 g/mol. The van der Waals surface area contributed by atoms with Crippen LogP contribution in [0.5, 0.6) is 5.75 Å². The van der Waals surface area contributed by atoms with Crippen LogP contribution in [0, 0.1) is 17.0 Å². The molecule has 3 rings (SSSR count). The van der Waals surface area contributed by atoms with Crippen LogP contribution in [-0.2, 0) is 15.1 Å². The van der Waals surface area contributed by atoms with Gasteiger partial charge in [-0.25, -0.2) is 4.79 Å². The van der Waals surface area contributed by atoms with Crippen LogP contribution in [0.2, 0.25) is 0 Å². The number of carbonyl (C=O) groups excluding carboxylic acids is 3. The standard InChI is InChI=1S/C21H22N4O6/c1-4-31-14-9-10-16(17(11-14)25(29)30)22-18(26)12-24-19(27)21(3,23-20(24)28)15-8-6-5-7-13(15)2/h5-11H,4,12H2,1-3H3,(H,22,26)(H,23,28). The highest BCUT2D eigenvalue weighted by molar-refractivity contribution is 6.10. The summed E-state index contributed by atoms with van der Waals surface area (Å²) in [6.45, 7) is 4.88. The van der Waals surface area contributed by atoms with Crippen molar-refractivity contribution in [2.75, 3.05) is 18.5 Å². The number of urea groups is 1. The lowest BCUT2D eigenvalue weighted by atomic mass is 9.88. The van der Waals surface area contributed by atoms with E-state index >= 15 is 0 Å². The Kier molecular flexibility index (Phi) is 5.91. The number of ether oxygens (including phenoxy) is 1. The second-order valence-corrected chi connectivity index (χ2v) is 7.18. The van der Waals surface area contributed by atoms with E-state index in [2.05, 4.69) is 10.6 Å². The molecule has 10 nitrogen and oxygen atoms in total. The van der Waals surface area contributed by atoms with Crippen LogP contribution in [0.15, 0.2) is 42.5 Å². The molecule has 1 fully saturated rings. The maximum absolute atomic E-state index is 13.0. The first kappa shape index (κ1) is 21.8. The minimum atomic E-state index is -1.31. The smallest absolute Gasteiger partial charge is 0.325 e. The van der Waals surface area contributed by atoms with E-state index in [9.17, 15) is 24.5 Å². The van der Waals surface area contributed by atoms with E-state index in [-0.39, 0.29) is 17.1 Å². The summed E-state index contributed by atoms with van der Waals surface area (Å²) in [5.41, 5.74) is -0.296. The number of nitrogens with one attached hydrogen (secondary N) is 2. The fourth-order valence-electron chi connectivity index (χ4n) is 3.52. The van der Waals surface area contributed by atoms with Crippen LogP contribution in [0.4, 0.5) is 16.2 Å². The second-order valence-electron chi connectivity index (χ2n) is 7.18. The second kappa shape index (κ2) is 8.42. The van der Waals surface area contributed by atoms with Gasteiger partial charge in [0.05, 0.1) is 17.6 Å². The molecule has 1 heterocycles. The van der Waals surface area contributed by atoms with Gasteiger partial charge >= 0.3 is 6.03 Å². The lowest BCUT2D eigenvalue weighted by Crippen LogP contribution is -2.42. The van der Waals surface area contributed by atoms with Crippen LogP contribution in [0.3, 0.4) is 0 Å². The number of carbonyl (C=O) groups is 3. The number of aryl methyl sites for hydroxylation is 1. The molecule has 0 aromatic heterocycles. The van der Waals surface area contributed by atoms with Gasteiger partial charge in [0.15, 0.2) is 0 Å². The maximum atomic E-state index is 13.0. The molecule has 1 unspecified atom stereocenters. The third-order valence-electron chi connectivity index (χ3n) is 5.01. The quantitative estimate of drug-likeness (QED) is 0.398. The van der Waals surface area contributed by atoms with E-state index < -0.39 is 34.9 Å². The van der Waals surface area contributed by atoms with Gasteiger partial charge in [-0.05, 0) is 44.0 Å². The van der Waals surface area contributed by atoms with Gasteiger partial charge in [0.2, 0.25) is 5.91 Å². The van der Waals surface area contributed by atoms with Crippen molar-refractivity contribution in [1.82, 2.24) is 10.2 Å². The molecule has 0 saturated carbocycles. The van der Waals surface area contributed by atoms with Crippen molar-refractivity contribution < 1.29 is 24.0 Å². The Labute approximate surface area is 178 Å². The SMILES string of the molecule is CCOc1ccc(NC(=O)CN2C(=O)NC(C)(c3ccccc3C)C2=O)c([N+](=O)[O-])c1. The first-order valence-electron chi connectivity index (χ1n) is 9.58. The number of nitro groups is 1. The summed E-state index contributed by atoms with van der Waals surface area (Å²) < 4.78 is 5.24. The number of hydrogen-bond donors (Lipinski definition) is 2. The van der Waals surface area contributed by atoms with Crippen molar-refractivity contribution in [2.24, 2.45) is 0 Å². The largest absolute Gasteiger partial charge is 0.494 e. The molecule has 0 bridgehead atoms. The first-order valence-corrected chi connectivity index (χ1v) is 9.58. The Balaban J connectivity index is 1.78. The highest BCUT2D eigenvalue weighted by Gasteiger charge is 2.50. The predicted molar refractivity (Wildman–Crippen MR) is 112 cm³/mol. The van der Waals surface area contributed by atoms with Crippen LogP contribution in [0.1, 0.15) is 25.0 Å². The number of nitrogens with zero attached hydrogens (tertiary/aromatic N) is 2. The van der Waals surface area contributed by atoms with Gasteiger partial charge in [-0.2, -0.15) is 0 Å². The average Bonchev–Trinajstić information content (AvgIpc) is 2.93. The highest BCUT2D eigenvalue weighted by Crippen LogP contribution is 2.32. The zero-order valence-corrected chi connectivity index (χ0v) is 17.3. The summed E-state index contributed by atoms with van der Waals surface area (Å²) in [6.07, 6.45) is 0. The van der Waals surface area contributed by atoms with Gasteiger partial charge in [-0.1, -0.05) is 24.3 Å². The Hall–Kier alpha value is -3.95. The molecule has 162 valence electrons. The van der Waals surface area contributed by atoms with Crippen molar-refractivity contribution in [2.45, 2.75) is 26.3 Å². The summed E-state index contributed by atoms with van der Waals surface area (Å²) in [7, 11) is 0. The minimum Gasteiger partial charge on any atom is -0.494 e. The molecule has 1 saturated heterocycles. The number of amides is 4. The Morgan fingerprint density at radius 1 is 1.26 bits per heavy atom. The summed E-state index contributed by atoms with van der Waals surface area (Å²) in [5.74, 6) is -1.04. The molecule has 1 atom stereocenters. The predicted octanol–water partition coefficient (Wildman–Crippen LogP) is 2.71. The Morgan fingerprint density at radius 3 is 2.61 bits per heavy atom. The molecule has 2 N–H and O–H groups in total. The van der Waals surface area contributed by atoms with Gasteiger partial charge in [0.1, 0.15) is 23.5 Å². The molecule has 0 aliphatic carbocycles. The van der Waals surface area contributed by atoms with Gasteiger partial charge in [0.25, 0.3) is 11.6 Å². The number of benzene rings is 2. The van der Waals surface area contributed by atoms with Gasteiger partial charge < -0.3 is 15.4 Å². The summed E-state index contributed by atoms with van der Waals surface area (Å²) in [5, 5.41) is 16.4. The molecule has 2 aromatic rings. The van der Waals surface area contributed by atoms with Gasteiger partial charge in [-0.3, -0.25) is 24.6 Å². The molecule has 1 aliphatic rings. The molecule has 1 aliphatic heterocycles. The molecular weight excluding hydrogens is 404 g/mol. The normalized spacial score (nSPS) is 18.0. The zero-order valence-electron chi connectivity index (χ0n) is 17.3. The average molecular weight is 426 g/mol. The van der Waals surface area contributed by atoms with Crippen molar-refractivity contribution in [3.8, 4) is 5.75 Å². The molecule has 4 amide bonds. The molecule has 31 heavy (non-hydrogen) atoms. The van der Waals surface area contributed by atoms with Gasteiger partial charge in [0, 0.05) is 0 Å². The highest BCUT2D eigenvalue weighted by atomic mass is 16.6. The maximum Gasteiger partial charge on any atom is 0.325 e. The number of nitro benzene ring substituents is 1. The Morgan fingerprint density at radius 2 is 1.97 bits per heavy atom. The van der Waals surface area contributed by atoms with E-state index in [1.54, 1.807) is 26.0 Å². The fourth-order valence-corrected chi connectivity index (χ4v) is 3.52. The number of imide groups is 1. The van der Waals surface area contributed by atoms with E-state index in [0.29, 0.717) is 12.2 Å². The minimum absolute atomic E-state index is 0.0628. The Bertz CT molecular complexity index is 1070. The van der Waals surface area contributed by atoms with E-state index in [1.165, 1.54) is 18.2 Å². The number of anilines is 1. The van der Waals surface area contributed by atoms with Crippen LogP contribution in [-0.4, -0.2) is 40.8 Å². The summed E-state index contributed by atoms with van der Waals surface area (Å²) in [4.78, 5) is 49.5. The summed E-state index contributed by atoms with van der Waals surface area (Å²) in [6, 6.07) is 10.4. The van der Waals surface area contributed by atoms with E-state index in [0.717, 1.165) is 10.5 Å².